The van der Waals surface area contributed by atoms with Crippen molar-refractivity contribution in [2.45, 2.75) is 45.8 Å². The van der Waals surface area contributed by atoms with Gasteiger partial charge in [-0.3, -0.25) is 4.79 Å². The Hall–Kier alpha value is -0.870. The first-order valence-electron chi connectivity index (χ1n) is 6.95. The highest BCUT2D eigenvalue weighted by Crippen LogP contribution is 2.29. The van der Waals surface area contributed by atoms with Gasteiger partial charge in [0, 0.05) is 18.1 Å². The number of rotatable bonds is 6. The Morgan fingerprint density at radius 1 is 1.40 bits per heavy atom. The molecule has 4 heteroatoms. The first kappa shape index (κ1) is 17.2. The summed E-state index contributed by atoms with van der Waals surface area (Å²) in [5.74, 6) is 0.0186. The van der Waals surface area contributed by atoms with Crippen LogP contribution in [0.15, 0.2) is 28.7 Å². The van der Waals surface area contributed by atoms with E-state index in [4.69, 9.17) is 4.74 Å². The van der Waals surface area contributed by atoms with Gasteiger partial charge in [0.15, 0.2) is 0 Å². The minimum atomic E-state index is -0.801. The van der Waals surface area contributed by atoms with E-state index in [9.17, 15) is 4.79 Å². The number of benzene rings is 1. The molecule has 1 aromatic rings. The van der Waals surface area contributed by atoms with Gasteiger partial charge in [-0.25, -0.2) is 0 Å². The fourth-order valence-corrected chi connectivity index (χ4v) is 2.74. The van der Waals surface area contributed by atoms with Crippen molar-refractivity contribution in [3.8, 4) is 0 Å². The molecule has 1 unspecified atom stereocenters. The van der Waals surface area contributed by atoms with Gasteiger partial charge in [0.05, 0.1) is 6.04 Å². The zero-order valence-electron chi connectivity index (χ0n) is 12.9. The molecule has 1 atom stereocenters. The third kappa shape index (κ3) is 3.83. The van der Waals surface area contributed by atoms with Crippen molar-refractivity contribution in [3.05, 3.63) is 34.3 Å². The van der Waals surface area contributed by atoms with E-state index < -0.39 is 5.60 Å². The summed E-state index contributed by atoms with van der Waals surface area (Å²) in [5, 5.41) is 0. The molecule has 0 saturated heterocycles. The van der Waals surface area contributed by atoms with Crippen molar-refractivity contribution in [1.82, 2.24) is 4.90 Å². The Morgan fingerprint density at radius 3 is 2.50 bits per heavy atom. The van der Waals surface area contributed by atoms with Crippen LogP contribution in [0.5, 0.6) is 0 Å². The minimum Gasteiger partial charge on any atom is -0.369 e. The Kier molecular flexibility index (Phi) is 6.21. The fraction of sp³-hybridized carbons (Fsp3) is 0.562. The number of ether oxygens (including phenoxy) is 1. The lowest BCUT2D eigenvalue weighted by atomic mass is 10.0. The van der Waals surface area contributed by atoms with Gasteiger partial charge in [0.25, 0.3) is 5.91 Å². The number of carbonyl (C=O) groups is 1. The molecule has 1 amide bonds. The zero-order valence-corrected chi connectivity index (χ0v) is 14.5. The van der Waals surface area contributed by atoms with E-state index in [0.29, 0.717) is 6.54 Å². The molecule has 0 aliphatic rings. The van der Waals surface area contributed by atoms with Gasteiger partial charge in [-0.1, -0.05) is 41.1 Å². The fourth-order valence-electron chi connectivity index (χ4n) is 2.13. The zero-order chi connectivity index (χ0) is 15.3. The molecule has 0 fully saturated rings. The van der Waals surface area contributed by atoms with Gasteiger partial charge in [0.2, 0.25) is 0 Å². The van der Waals surface area contributed by atoms with Gasteiger partial charge in [-0.2, -0.15) is 0 Å². The summed E-state index contributed by atoms with van der Waals surface area (Å²) >= 11 is 3.56. The minimum absolute atomic E-state index is 0.00690. The van der Waals surface area contributed by atoms with Crippen LogP contribution in [0.2, 0.25) is 0 Å². The van der Waals surface area contributed by atoms with E-state index >= 15 is 0 Å². The summed E-state index contributed by atoms with van der Waals surface area (Å²) in [5.41, 5.74) is 0.311. The summed E-state index contributed by atoms with van der Waals surface area (Å²) in [6.45, 7) is 8.47. The molecule has 0 heterocycles. The lowest BCUT2D eigenvalue weighted by Gasteiger charge is -2.35. The highest BCUT2D eigenvalue weighted by atomic mass is 79.9. The van der Waals surface area contributed by atoms with E-state index in [1.165, 1.54) is 0 Å². The second-order valence-corrected chi connectivity index (χ2v) is 6.26. The van der Waals surface area contributed by atoms with E-state index in [1.807, 2.05) is 43.0 Å². The summed E-state index contributed by atoms with van der Waals surface area (Å²) < 4.78 is 6.36. The molecule has 0 saturated carbocycles. The van der Waals surface area contributed by atoms with Crippen LogP contribution in [0.3, 0.4) is 0 Å². The van der Waals surface area contributed by atoms with Gasteiger partial charge < -0.3 is 9.64 Å². The van der Waals surface area contributed by atoms with Crippen molar-refractivity contribution >= 4 is 21.8 Å². The predicted molar refractivity (Wildman–Crippen MR) is 85.6 cm³/mol. The second-order valence-electron chi connectivity index (χ2n) is 5.41. The molecule has 3 nitrogen and oxygen atoms in total. The summed E-state index contributed by atoms with van der Waals surface area (Å²) in [4.78, 5) is 14.6. The molecule has 112 valence electrons. The number of carbonyl (C=O) groups excluding carboxylic acids is 1. The lowest BCUT2D eigenvalue weighted by Crippen LogP contribution is -2.47. The molecule has 1 aromatic carbocycles. The first-order chi connectivity index (χ1) is 9.35. The van der Waals surface area contributed by atoms with E-state index in [2.05, 4.69) is 29.8 Å². The van der Waals surface area contributed by atoms with Crippen LogP contribution in [0.4, 0.5) is 0 Å². The molecule has 0 spiro atoms. The van der Waals surface area contributed by atoms with Crippen molar-refractivity contribution in [2.75, 3.05) is 13.7 Å². The quantitative estimate of drug-likeness (QED) is 0.776. The maximum absolute atomic E-state index is 12.7. The standard InChI is InChI=1S/C16H24BrNO2/c1-6-11-18(15(19)16(3,4)20-5)12(2)13-9-7-8-10-14(13)17/h7-10,12H,6,11H2,1-5H3. The summed E-state index contributed by atoms with van der Waals surface area (Å²) in [6.07, 6.45) is 0.917. The third-order valence-electron chi connectivity index (χ3n) is 3.57. The molecule has 1 rings (SSSR count). The largest absolute Gasteiger partial charge is 0.369 e. The summed E-state index contributed by atoms with van der Waals surface area (Å²) in [7, 11) is 1.57. The van der Waals surface area contributed by atoms with Gasteiger partial charge in [-0.15, -0.1) is 0 Å². The molecule has 0 aliphatic heterocycles. The second kappa shape index (κ2) is 7.23. The van der Waals surface area contributed by atoms with Gasteiger partial charge >= 0.3 is 0 Å². The number of amides is 1. The topological polar surface area (TPSA) is 29.5 Å². The van der Waals surface area contributed by atoms with Crippen LogP contribution in [0.1, 0.15) is 45.7 Å². The normalized spacial score (nSPS) is 13.1. The van der Waals surface area contributed by atoms with Gasteiger partial charge in [-0.05, 0) is 38.8 Å². The van der Waals surface area contributed by atoms with Crippen LogP contribution in [0, 0.1) is 0 Å². The smallest absolute Gasteiger partial charge is 0.254 e. The number of halogens is 1. The van der Waals surface area contributed by atoms with E-state index in [1.54, 1.807) is 7.11 Å². The highest BCUT2D eigenvalue weighted by molar-refractivity contribution is 9.10. The summed E-state index contributed by atoms with van der Waals surface area (Å²) in [6, 6.07) is 8.03. The predicted octanol–water partition coefficient (Wildman–Crippen LogP) is 4.17. The van der Waals surface area contributed by atoms with Crippen molar-refractivity contribution < 1.29 is 9.53 Å². The number of nitrogens with zero attached hydrogens (tertiary/aromatic N) is 1. The van der Waals surface area contributed by atoms with Crippen LogP contribution < -0.4 is 0 Å². The van der Waals surface area contributed by atoms with Crippen LogP contribution >= 0.6 is 15.9 Å². The highest BCUT2D eigenvalue weighted by Gasteiger charge is 2.34. The molecule has 0 bridgehead atoms. The molecular weight excluding hydrogens is 318 g/mol. The van der Waals surface area contributed by atoms with Crippen LogP contribution in [0.25, 0.3) is 0 Å². The number of hydrogen-bond acceptors (Lipinski definition) is 2. The van der Waals surface area contributed by atoms with E-state index in [0.717, 1.165) is 16.5 Å². The maximum Gasteiger partial charge on any atom is 0.254 e. The molecule has 0 N–H and O–H groups in total. The average molecular weight is 342 g/mol. The molecule has 0 aromatic heterocycles. The SMILES string of the molecule is CCCN(C(=O)C(C)(C)OC)C(C)c1ccccc1Br. The third-order valence-corrected chi connectivity index (χ3v) is 4.30. The Labute approximate surface area is 130 Å². The van der Waals surface area contributed by atoms with Crippen molar-refractivity contribution in [1.29, 1.82) is 0 Å². The maximum atomic E-state index is 12.7. The molecule has 20 heavy (non-hydrogen) atoms. The average Bonchev–Trinajstić information content (AvgIpc) is 2.43. The van der Waals surface area contributed by atoms with Gasteiger partial charge in [0.1, 0.15) is 5.60 Å². The van der Waals surface area contributed by atoms with Crippen LogP contribution in [-0.2, 0) is 9.53 Å². The monoisotopic (exact) mass is 341 g/mol. The number of hydrogen-bond donors (Lipinski definition) is 0. The lowest BCUT2D eigenvalue weighted by molar-refractivity contribution is -0.153. The first-order valence-corrected chi connectivity index (χ1v) is 7.75. The Morgan fingerprint density at radius 2 is 2.00 bits per heavy atom. The van der Waals surface area contributed by atoms with Crippen LogP contribution in [-0.4, -0.2) is 30.1 Å². The Bertz CT molecular complexity index is 460. The molecule has 0 radical (unpaired) electrons. The van der Waals surface area contributed by atoms with Crippen molar-refractivity contribution in [2.24, 2.45) is 0 Å². The number of methoxy groups -OCH3 is 1. The molecular formula is C16H24BrNO2. The van der Waals surface area contributed by atoms with E-state index in [-0.39, 0.29) is 11.9 Å². The van der Waals surface area contributed by atoms with Crippen molar-refractivity contribution in [3.63, 3.8) is 0 Å². The Balaban J connectivity index is 3.08. The molecule has 0 aliphatic carbocycles.